The zero-order valence-corrected chi connectivity index (χ0v) is 11.7. The number of carboxylic acids is 1. The summed E-state index contributed by atoms with van der Waals surface area (Å²) in [5, 5.41) is 13.2. The Morgan fingerprint density at radius 1 is 1.09 bits per heavy atom. The van der Waals surface area contributed by atoms with Gasteiger partial charge in [0.1, 0.15) is 17.7 Å². The third-order valence-electron chi connectivity index (χ3n) is 2.86. The monoisotopic (exact) mass is 302 g/mol. The van der Waals surface area contributed by atoms with E-state index in [2.05, 4.69) is 5.32 Å². The number of carbonyl (C=O) groups excluding carboxylic acids is 2. The van der Waals surface area contributed by atoms with Gasteiger partial charge in [-0.25, -0.2) is 4.39 Å². The first-order valence-corrected chi connectivity index (χ1v) is 6.50. The van der Waals surface area contributed by atoms with Gasteiger partial charge in [0.15, 0.2) is 0 Å². The molecule has 0 spiro atoms. The van der Waals surface area contributed by atoms with E-state index in [1.807, 2.05) is 0 Å². The molecule has 0 aromatic heterocycles. The summed E-state index contributed by atoms with van der Waals surface area (Å²) in [7, 11) is 0. The van der Waals surface area contributed by atoms with Crippen molar-refractivity contribution in [3.05, 3.63) is 59.9 Å². The number of anilines is 1. The van der Waals surface area contributed by atoms with E-state index in [9.17, 15) is 19.1 Å². The molecular formula is C16H13FNO4-. The Hall–Kier alpha value is -2.89. The lowest BCUT2D eigenvalue weighted by Gasteiger charge is -2.15. The molecule has 1 atom stereocenters. The number of aliphatic carboxylic acids is 1. The van der Waals surface area contributed by atoms with Gasteiger partial charge in [-0.1, -0.05) is 0 Å². The van der Waals surface area contributed by atoms with E-state index in [4.69, 9.17) is 4.74 Å². The van der Waals surface area contributed by atoms with Crippen molar-refractivity contribution in [3.8, 4) is 5.75 Å². The van der Waals surface area contributed by atoms with E-state index < -0.39 is 12.1 Å². The third-order valence-corrected chi connectivity index (χ3v) is 2.86. The quantitative estimate of drug-likeness (QED) is 0.910. The summed E-state index contributed by atoms with van der Waals surface area (Å²) in [6.07, 6.45) is -1.08. The van der Waals surface area contributed by atoms with Crippen molar-refractivity contribution < 1.29 is 23.8 Å². The molecule has 2 aromatic carbocycles. The van der Waals surface area contributed by atoms with Crippen LogP contribution in [0.2, 0.25) is 0 Å². The molecule has 2 rings (SSSR count). The number of hydrogen-bond acceptors (Lipinski definition) is 4. The minimum atomic E-state index is -1.32. The zero-order valence-electron chi connectivity index (χ0n) is 11.7. The molecule has 0 saturated carbocycles. The van der Waals surface area contributed by atoms with Crippen molar-refractivity contribution in [3.63, 3.8) is 0 Å². The molecule has 0 heterocycles. The molecule has 1 unspecified atom stereocenters. The first-order valence-electron chi connectivity index (χ1n) is 6.50. The van der Waals surface area contributed by atoms with Crippen molar-refractivity contribution in [1.29, 1.82) is 0 Å². The molecule has 0 bridgehead atoms. The SMILES string of the molecule is CC(Oc1ccc(C(=O)Nc2ccc(F)cc2)cc1)C(=O)[O-]. The van der Waals surface area contributed by atoms with Crippen LogP contribution in [0.4, 0.5) is 10.1 Å². The summed E-state index contributed by atoms with van der Waals surface area (Å²) in [6.45, 7) is 1.35. The summed E-state index contributed by atoms with van der Waals surface area (Å²) in [5.74, 6) is -1.76. The molecule has 0 aliphatic heterocycles. The Kier molecular flexibility index (Phi) is 4.73. The maximum atomic E-state index is 12.8. The average molecular weight is 302 g/mol. The molecular weight excluding hydrogens is 289 g/mol. The Morgan fingerprint density at radius 2 is 1.68 bits per heavy atom. The van der Waals surface area contributed by atoms with Crippen LogP contribution in [0.5, 0.6) is 5.75 Å². The summed E-state index contributed by atoms with van der Waals surface area (Å²) >= 11 is 0. The predicted molar refractivity (Wildman–Crippen MR) is 75.9 cm³/mol. The number of ether oxygens (including phenoxy) is 1. The van der Waals surface area contributed by atoms with E-state index in [1.54, 1.807) is 0 Å². The third kappa shape index (κ3) is 4.05. The number of carboxylic acid groups (broad SMARTS) is 1. The number of halogens is 1. The molecule has 1 amide bonds. The molecule has 2 aromatic rings. The van der Waals surface area contributed by atoms with Crippen molar-refractivity contribution >= 4 is 17.6 Å². The number of amides is 1. The highest BCUT2D eigenvalue weighted by Gasteiger charge is 2.08. The number of benzene rings is 2. The van der Waals surface area contributed by atoms with Crippen LogP contribution in [0.3, 0.4) is 0 Å². The smallest absolute Gasteiger partial charge is 0.255 e. The minimum Gasteiger partial charge on any atom is -0.546 e. The largest absolute Gasteiger partial charge is 0.546 e. The Labute approximate surface area is 126 Å². The van der Waals surface area contributed by atoms with E-state index in [0.29, 0.717) is 17.0 Å². The highest BCUT2D eigenvalue weighted by Crippen LogP contribution is 2.15. The number of carbonyl (C=O) groups is 2. The van der Waals surface area contributed by atoms with Gasteiger partial charge in [0, 0.05) is 11.3 Å². The molecule has 0 aliphatic carbocycles. The van der Waals surface area contributed by atoms with E-state index >= 15 is 0 Å². The maximum absolute atomic E-state index is 12.8. The predicted octanol–water partition coefficient (Wildman–Crippen LogP) is 1.60. The van der Waals surface area contributed by atoms with Gasteiger partial charge in [0.05, 0.1) is 5.97 Å². The van der Waals surface area contributed by atoms with Crippen LogP contribution in [0, 0.1) is 5.82 Å². The molecule has 0 radical (unpaired) electrons. The van der Waals surface area contributed by atoms with Gasteiger partial charge in [0.25, 0.3) is 5.91 Å². The van der Waals surface area contributed by atoms with E-state index in [0.717, 1.165) is 0 Å². The summed E-state index contributed by atoms with van der Waals surface area (Å²) < 4.78 is 17.9. The highest BCUT2D eigenvalue weighted by molar-refractivity contribution is 6.04. The van der Waals surface area contributed by atoms with Crippen LogP contribution >= 0.6 is 0 Å². The molecule has 0 saturated heterocycles. The van der Waals surface area contributed by atoms with Crippen molar-refractivity contribution in [2.24, 2.45) is 0 Å². The summed E-state index contributed by atoms with van der Waals surface area (Å²) in [5.41, 5.74) is 0.829. The first kappa shape index (κ1) is 15.5. The second-order valence-corrected chi connectivity index (χ2v) is 4.56. The normalized spacial score (nSPS) is 11.5. The summed E-state index contributed by atoms with van der Waals surface area (Å²) in [4.78, 5) is 22.6. The Bertz CT molecular complexity index is 668. The van der Waals surface area contributed by atoms with Crippen LogP contribution in [0.1, 0.15) is 17.3 Å². The second kappa shape index (κ2) is 6.71. The number of rotatable bonds is 5. The van der Waals surface area contributed by atoms with Crippen molar-refractivity contribution in [2.75, 3.05) is 5.32 Å². The van der Waals surface area contributed by atoms with Gasteiger partial charge in [-0.15, -0.1) is 0 Å². The van der Waals surface area contributed by atoms with E-state index in [1.165, 1.54) is 55.5 Å². The second-order valence-electron chi connectivity index (χ2n) is 4.56. The van der Waals surface area contributed by atoms with Gasteiger partial charge in [0.2, 0.25) is 0 Å². The highest BCUT2D eigenvalue weighted by atomic mass is 19.1. The van der Waals surface area contributed by atoms with Gasteiger partial charge < -0.3 is 20.0 Å². The molecule has 22 heavy (non-hydrogen) atoms. The van der Waals surface area contributed by atoms with Crippen LogP contribution in [-0.2, 0) is 4.79 Å². The number of hydrogen-bond donors (Lipinski definition) is 1. The maximum Gasteiger partial charge on any atom is 0.255 e. The van der Waals surface area contributed by atoms with Gasteiger partial charge in [-0.2, -0.15) is 0 Å². The Morgan fingerprint density at radius 3 is 2.23 bits per heavy atom. The van der Waals surface area contributed by atoms with Crippen LogP contribution in [0.15, 0.2) is 48.5 Å². The Balaban J connectivity index is 2.01. The summed E-state index contributed by atoms with van der Waals surface area (Å²) in [6, 6.07) is 11.4. The fourth-order valence-electron chi connectivity index (χ4n) is 1.67. The first-order chi connectivity index (χ1) is 10.5. The molecule has 1 N–H and O–H groups in total. The van der Waals surface area contributed by atoms with Crippen LogP contribution in [0.25, 0.3) is 0 Å². The molecule has 0 fully saturated rings. The molecule has 114 valence electrons. The van der Waals surface area contributed by atoms with Crippen LogP contribution in [-0.4, -0.2) is 18.0 Å². The lowest BCUT2D eigenvalue weighted by Crippen LogP contribution is -2.37. The standard InChI is InChI=1S/C16H14FNO4/c1-10(16(20)21)22-14-8-2-11(3-9-14)15(19)18-13-6-4-12(17)5-7-13/h2-10H,1H3,(H,18,19)(H,20,21)/p-1. The van der Waals surface area contributed by atoms with Gasteiger partial charge >= 0.3 is 0 Å². The van der Waals surface area contributed by atoms with Gasteiger partial charge in [-0.3, -0.25) is 4.79 Å². The zero-order chi connectivity index (χ0) is 16.1. The van der Waals surface area contributed by atoms with E-state index in [-0.39, 0.29) is 11.7 Å². The topological polar surface area (TPSA) is 78.5 Å². The minimum absolute atomic E-state index is 0.315. The number of nitrogens with one attached hydrogen (secondary N) is 1. The molecule has 0 aliphatic rings. The fourth-order valence-corrected chi connectivity index (χ4v) is 1.67. The van der Waals surface area contributed by atoms with Crippen molar-refractivity contribution in [1.82, 2.24) is 0 Å². The lowest BCUT2D eigenvalue weighted by atomic mass is 10.2. The van der Waals surface area contributed by atoms with Crippen LogP contribution < -0.4 is 15.2 Å². The molecule has 6 heteroatoms. The van der Waals surface area contributed by atoms with Crippen molar-refractivity contribution in [2.45, 2.75) is 13.0 Å². The van der Waals surface area contributed by atoms with Gasteiger partial charge in [-0.05, 0) is 55.5 Å². The lowest BCUT2D eigenvalue weighted by molar-refractivity contribution is -0.312. The average Bonchev–Trinajstić information content (AvgIpc) is 2.50. The fraction of sp³-hybridized carbons (Fsp3) is 0.125. The molecule has 5 nitrogen and oxygen atoms in total.